The summed E-state index contributed by atoms with van der Waals surface area (Å²) in [5.41, 5.74) is 8.26. The van der Waals surface area contributed by atoms with E-state index in [1.807, 2.05) is 19.2 Å². The lowest BCUT2D eigenvalue weighted by Gasteiger charge is -2.29. The first-order valence-electron chi connectivity index (χ1n) is 6.39. The van der Waals surface area contributed by atoms with Crippen molar-refractivity contribution in [3.05, 3.63) is 23.8 Å². The van der Waals surface area contributed by atoms with Crippen LogP contribution in [0, 0.1) is 0 Å². The Bertz CT molecular complexity index is 414. The van der Waals surface area contributed by atoms with Crippen molar-refractivity contribution < 1.29 is 4.79 Å². The Morgan fingerprint density at radius 3 is 2.44 bits per heavy atom. The van der Waals surface area contributed by atoms with Crippen LogP contribution in [0.1, 0.15) is 37.0 Å². The number of carbonyl (C=O) groups excluding carboxylic acids is 1. The van der Waals surface area contributed by atoms with Crippen molar-refractivity contribution in [3.8, 4) is 0 Å². The molecule has 0 aliphatic rings. The maximum atomic E-state index is 11.5. The number of anilines is 2. The molecule has 0 radical (unpaired) electrons. The molecule has 18 heavy (non-hydrogen) atoms. The van der Waals surface area contributed by atoms with Gasteiger partial charge < -0.3 is 16.0 Å². The Morgan fingerprint density at radius 1 is 1.39 bits per heavy atom. The summed E-state index contributed by atoms with van der Waals surface area (Å²) in [7, 11) is 3.66. The number of rotatable bonds is 5. The molecule has 0 aliphatic heterocycles. The highest BCUT2D eigenvalue weighted by molar-refractivity contribution is 5.96. The fraction of sp³-hybridized carbons (Fsp3) is 0.500. The highest BCUT2D eigenvalue weighted by Crippen LogP contribution is 2.26. The Morgan fingerprint density at radius 2 is 2.00 bits per heavy atom. The minimum absolute atomic E-state index is 0.113. The van der Waals surface area contributed by atoms with Crippen molar-refractivity contribution in [1.29, 1.82) is 0 Å². The second-order valence-electron chi connectivity index (χ2n) is 4.43. The van der Waals surface area contributed by atoms with Crippen molar-refractivity contribution in [3.63, 3.8) is 0 Å². The van der Waals surface area contributed by atoms with Gasteiger partial charge in [-0.15, -0.1) is 0 Å². The smallest absolute Gasteiger partial charge is 0.251 e. The predicted octanol–water partition coefficient (Wildman–Crippen LogP) is 2.25. The third-order valence-corrected chi connectivity index (χ3v) is 3.39. The highest BCUT2D eigenvalue weighted by Gasteiger charge is 2.14. The topological polar surface area (TPSA) is 58.4 Å². The maximum absolute atomic E-state index is 11.5. The van der Waals surface area contributed by atoms with Crippen LogP contribution in [0.4, 0.5) is 11.4 Å². The number of nitrogens with two attached hydrogens (primary N) is 1. The van der Waals surface area contributed by atoms with Crippen LogP contribution in [-0.2, 0) is 0 Å². The first-order chi connectivity index (χ1) is 8.54. The van der Waals surface area contributed by atoms with E-state index in [0.29, 0.717) is 17.3 Å². The molecule has 100 valence electrons. The number of amides is 1. The van der Waals surface area contributed by atoms with E-state index in [1.165, 1.54) is 0 Å². The van der Waals surface area contributed by atoms with Gasteiger partial charge in [0.1, 0.15) is 0 Å². The molecule has 0 fully saturated rings. The molecule has 4 nitrogen and oxygen atoms in total. The monoisotopic (exact) mass is 249 g/mol. The van der Waals surface area contributed by atoms with E-state index in [4.69, 9.17) is 5.73 Å². The van der Waals surface area contributed by atoms with Crippen LogP contribution in [0.25, 0.3) is 0 Å². The number of nitrogens with zero attached hydrogens (tertiary/aromatic N) is 1. The van der Waals surface area contributed by atoms with E-state index in [9.17, 15) is 4.79 Å². The Hall–Kier alpha value is -1.71. The first kappa shape index (κ1) is 14.4. The molecule has 1 rings (SSSR count). The molecule has 3 N–H and O–H groups in total. The van der Waals surface area contributed by atoms with Crippen LogP contribution in [0.5, 0.6) is 0 Å². The van der Waals surface area contributed by atoms with Gasteiger partial charge in [0.25, 0.3) is 5.91 Å². The van der Waals surface area contributed by atoms with E-state index in [1.54, 1.807) is 13.1 Å². The second kappa shape index (κ2) is 6.28. The minimum Gasteiger partial charge on any atom is -0.397 e. The van der Waals surface area contributed by atoms with Crippen LogP contribution in [0.2, 0.25) is 0 Å². The van der Waals surface area contributed by atoms with E-state index >= 15 is 0 Å². The Balaban J connectivity index is 3.01. The molecule has 0 spiro atoms. The van der Waals surface area contributed by atoms with Gasteiger partial charge in [-0.3, -0.25) is 4.79 Å². The van der Waals surface area contributed by atoms with Gasteiger partial charge in [-0.1, -0.05) is 13.8 Å². The minimum atomic E-state index is -0.113. The molecule has 1 amide bonds. The second-order valence-corrected chi connectivity index (χ2v) is 4.43. The van der Waals surface area contributed by atoms with Crippen molar-refractivity contribution in [1.82, 2.24) is 5.32 Å². The molecule has 0 bridgehead atoms. The van der Waals surface area contributed by atoms with E-state index < -0.39 is 0 Å². The molecule has 0 saturated heterocycles. The average Bonchev–Trinajstić information content (AvgIpc) is 2.38. The lowest BCUT2D eigenvalue weighted by atomic mass is 10.1. The summed E-state index contributed by atoms with van der Waals surface area (Å²) in [6, 6.07) is 5.92. The Kier molecular flexibility index (Phi) is 5.01. The van der Waals surface area contributed by atoms with Crippen molar-refractivity contribution >= 4 is 17.3 Å². The molecule has 0 aromatic heterocycles. The summed E-state index contributed by atoms with van der Waals surface area (Å²) in [4.78, 5) is 13.7. The predicted molar refractivity (Wildman–Crippen MR) is 77.0 cm³/mol. The summed E-state index contributed by atoms with van der Waals surface area (Å²) in [5.74, 6) is -0.113. The third-order valence-electron chi connectivity index (χ3n) is 3.39. The summed E-state index contributed by atoms with van der Waals surface area (Å²) >= 11 is 0. The van der Waals surface area contributed by atoms with Crippen LogP contribution in [0.3, 0.4) is 0 Å². The molecule has 0 atom stereocenters. The van der Waals surface area contributed by atoms with Crippen molar-refractivity contribution in [2.75, 3.05) is 24.7 Å². The van der Waals surface area contributed by atoms with Gasteiger partial charge in [0.15, 0.2) is 0 Å². The molecule has 0 saturated carbocycles. The molecule has 1 aromatic rings. The lowest BCUT2D eigenvalue weighted by molar-refractivity contribution is 0.0963. The first-order valence-corrected chi connectivity index (χ1v) is 6.39. The van der Waals surface area contributed by atoms with Crippen LogP contribution in [-0.4, -0.2) is 26.0 Å². The summed E-state index contributed by atoms with van der Waals surface area (Å²) in [6.45, 7) is 4.33. The zero-order valence-corrected chi connectivity index (χ0v) is 11.7. The van der Waals surface area contributed by atoms with Gasteiger partial charge in [0, 0.05) is 25.7 Å². The standard InChI is InChI=1S/C14H23N3O/c1-5-11(6-2)17(4)13-8-7-10(9-12(13)15)14(18)16-3/h7-9,11H,5-6,15H2,1-4H3,(H,16,18). The molecular weight excluding hydrogens is 226 g/mol. The Labute approximate surface area is 109 Å². The molecule has 1 aromatic carbocycles. The van der Waals surface area contributed by atoms with Gasteiger partial charge in [-0.05, 0) is 31.0 Å². The quantitative estimate of drug-likeness (QED) is 0.787. The van der Waals surface area contributed by atoms with Gasteiger partial charge in [0.05, 0.1) is 11.4 Å². The summed E-state index contributed by atoms with van der Waals surface area (Å²) < 4.78 is 0. The zero-order valence-electron chi connectivity index (χ0n) is 11.7. The summed E-state index contributed by atoms with van der Waals surface area (Å²) in [6.07, 6.45) is 2.15. The number of carbonyl (C=O) groups is 1. The SMILES string of the molecule is CCC(CC)N(C)c1ccc(C(=O)NC)cc1N. The van der Waals surface area contributed by atoms with E-state index in [-0.39, 0.29) is 5.91 Å². The largest absolute Gasteiger partial charge is 0.397 e. The van der Waals surface area contributed by atoms with Crippen molar-refractivity contribution in [2.24, 2.45) is 0 Å². The molecule has 0 unspecified atom stereocenters. The summed E-state index contributed by atoms with van der Waals surface area (Å²) in [5, 5.41) is 2.59. The van der Waals surface area contributed by atoms with Crippen LogP contribution >= 0.6 is 0 Å². The van der Waals surface area contributed by atoms with Crippen molar-refractivity contribution in [2.45, 2.75) is 32.7 Å². The van der Waals surface area contributed by atoms with Crippen LogP contribution < -0.4 is 16.0 Å². The van der Waals surface area contributed by atoms with Gasteiger partial charge in [-0.2, -0.15) is 0 Å². The molecule has 0 aliphatic carbocycles. The van der Waals surface area contributed by atoms with Gasteiger partial charge >= 0.3 is 0 Å². The molecule has 4 heteroatoms. The third kappa shape index (κ3) is 2.94. The van der Waals surface area contributed by atoms with E-state index in [0.717, 1.165) is 18.5 Å². The van der Waals surface area contributed by atoms with Crippen LogP contribution in [0.15, 0.2) is 18.2 Å². The fourth-order valence-electron chi connectivity index (χ4n) is 2.19. The highest BCUT2D eigenvalue weighted by atomic mass is 16.1. The number of hydrogen-bond donors (Lipinski definition) is 2. The molecule has 0 heterocycles. The number of nitrogens with one attached hydrogen (secondary N) is 1. The van der Waals surface area contributed by atoms with E-state index in [2.05, 4.69) is 24.1 Å². The van der Waals surface area contributed by atoms with Gasteiger partial charge in [-0.25, -0.2) is 0 Å². The normalized spacial score (nSPS) is 10.5. The average molecular weight is 249 g/mol. The lowest BCUT2D eigenvalue weighted by Crippen LogP contribution is -2.31. The molecular formula is C14H23N3O. The number of benzene rings is 1. The zero-order chi connectivity index (χ0) is 13.7. The van der Waals surface area contributed by atoms with Gasteiger partial charge in [0.2, 0.25) is 0 Å². The fourth-order valence-corrected chi connectivity index (χ4v) is 2.19. The maximum Gasteiger partial charge on any atom is 0.251 e. The number of nitrogen functional groups attached to an aromatic ring is 1. The number of hydrogen-bond acceptors (Lipinski definition) is 3.